The smallest absolute Gasteiger partial charge is 0.264 e. The van der Waals surface area contributed by atoms with Gasteiger partial charge in [0.2, 0.25) is 0 Å². The molecule has 0 fully saturated rings. The lowest BCUT2D eigenvalue weighted by atomic mass is 10.0. The van der Waals surface area contributed by atoms with E-state index >= 15 is 0 Å². The molecule has 0 spiro atoms. The first-order valence-electron chi connectivity index (χ1n) is 17.3. The Bertz CT molecular complexity index is 2740. The van der Waals surface area contributed by atoms with Gasteiger partial charge in [0.25, 0.3) is 11.5 Å². The van der Waals surface area contributed by atoms with Gasteiger partial charge in [-0.05, 0) is 73.5 Å². The van der Waals surface area contributed by atoms with Crippen molar-refractivity contribution in [1.29, 1.82) is 0 Å². The van der Waals surface area contributed by atoms with E-state index in [1.54, 1.807) is 29.2 Å². The second-order valence-corrected chi connectivity index (χ2v) is 12.9. The van der Waals surface area contributed by atoms with Crippen LogP contribution in [0.25, 0.3) is 22.1 Å². The minimum Gasteiger partial charge on any atom is -0.381 e. The molecule has 0 radical (unpaired) electrons. The normalized spacial score (nSPS) is 13.0. The van der Waals surface area contributed by atoms with Crippen molar-refractivity contribution in [3.05, 3.63) is 135 Å². The van der Waals surface area contributed by atoms with Crippen molar-refractivity contribution in [1.82, 2.24) is 44.0 Å². The number of aryl methyl sites for hydroxylation is 2. The van der Waals surface area contributed by atoms with Crippen LogP contribution in [0.5, 0.6) is 0 Å². The highest BCUT2D eigenvalue weighted by molar-refractivity contribution is 6.04. The van der Waals surface area contributed by atoms with Crippen LogP contribution in [0.4, 0.5) is 5.82 Å². The summed E-state index contributed by atoms with van der Waals surface area (Å²) in [7, 11) is 0. The zero-order valence-electron chi connectivity index (χ0n) is 28.1. The van der Waals surface area contributed by atoms with Crippen LogP contribution in [-0.4, -0.2) is 51.2 Å². The highest BCUT2D eigenvalue weighted by Crippen LogP contribution is 2.23. The molecule has 0 unspecified atom stereocenters. The number of hydrogen-bond acceptors (Lipinski definition) is 7. The molecule has 1 amide bonds. The van der Waals surface area contributed by atoms with Gasteiger partial charge in [0.1, 0.15) is 5.56 Å². The van der Waals surface area contributed by atoms with Crippen molar-refractivity contribution in [3.63, 3.8) is 0 Å². The number of amides is 1. The number of fused-ring (bicyclic) bond motifs is 4. The number of nitrogens with two attached hydrogens (primary N) is 1. The van der Waals surface area contributed by atoms with Crippen molar-refractivity contribution in [2.75, 3.05) is 12.3 Å². The van der Waals surface area contributed by atoms with Gasteiger partial charge in [-0.2, -0.15) is 10.2 Å². The minimum atomic E-state index is -0.392. The number of benzene rings is 2. The lowest BCUT2D eigenvalue weighted by Crippen LogP contribution is -2.29. The van der Waals surface area contributed by atoms with Gasteiger partial charge in [-0.15, -0.1) is 5.10 Å². The monoisotopic (exact) mass is 684 g/mol. The molecule has 0 aliphatic carbocycles. The van der Waals surface area contributed by atoms with E-state index in [1.165, 1.54) is 10.2 Å². The molecule has 0 saturated heterocycles. The average Bonchev–Trinajstić information content (AvgIpc) is 3.98. The average molecular weight is 685 g/mol. The Hall–Kier alpha value is -6.92. The Morgan fingerprint density at radius 2 is 1.58 bits per heavy atom. The van der Waals surface area contributed by atoms with E-state index in [2.05, 4.69) is 49.3 Å². The Balaban J connectivity index is 1.07. The maximum Gasteiger partial charge on any atom is 0.264 e. The molecule has 5 aromatic heterocycles. The topological polar surface area (TPSA) is 143 Å². The summed E-state index contributed by atoms with van der Waals surface area (Å²) in [4.78, 5) is 32.2. The molecule has 2 aromatic carbocycles. The SMILES string of the molecule is Nc1nn2cccnc2c1C(=O)NCCc1cc2cccc(C#Cc3cnn4c3CCC4)c2c(=O)n1-c1ccc(C#Cc2cnn3c2CCC3)cc1. The Morgan fingerprint density at radius 1 is 0.865 bits per heavy atom. The summed E-state index contributed by atoms with van der Waals surface area (Å²) >= 11 is 0. The van der Waals surface area contributed by atoms with Gasteiger partial charge in [0.15, 0.2) is 11.5 Å². The van der Waals surface area contributed by atoms with Gasteiger partial charge in [-0.3, -0.25) is 23.5 Å². The number of aromatic nitrogens is 8. The summed E-state index contributed by atoms with van der Waals surface area (Å²) in [6.45, 7) is 2.07. The second-order valence-electron chi connectivity index (χ2n) is 12.9. The summed E-state index contributed by atoms with van der Waals surface area (Å²) in [6, 6.07) is 17.1. The first-order valence-corrected chi connectivity index (χ1v) is 17.3. The molecular formula is C40H32N10O2. The van der Waals surface area contributed by atoms with Gasteiger partial charge in [0.05, 0.1) is 40.3 Å². The summed E-state index contributed by atoms with van der Waals surface area (Å²) in [5.74, 6) is 12.8. The second kappa shape index (κ2) is 12.8. The molecule has 0 saturated carbocycles. The number of hydrogen-bond donors (Lipinski definition) is 2. The molecule has 0 bridgehead atoms. The van der Waals surface area contributed by atoms with E-state index in [0.717, 1.165) is 72.2 Å². The first kappa shape index (κ1) is 31.1. The quantitative estimate of drug-likeness (QED) is 0.264. The Kier molecular flexibility index (Phi) is 7.63. The number of carbonyl (C=O) groups excluding carboxylic acids is 1. The summed E-state index contributed by atoms with van der Waals surface area (Å²) in [5, 5.41) is 17.4. The number of nitrogen functional groups attached to an aromatic ring is 1. The van der Waals surface area contributed by atoms with Crippen LogP contribution in [0, 0.1) is 23.7 Å². The number of anilines is 1. The molecule has 7 aromatic rings. The fraction of sp³-hybridized carbons (Fsp3) is 0.200. The zero-order chi connectivity index (χ0) is 35.2. The lowest BCUT2D eigenvalue weighted by Gasteiger charge is -2.16. The predicted octanol–water partition coefficient (Wildman–Crippen LogP) is 3.67. The van der Waals surface area contributed by atoms with Gasteiger partial charge >= 0.3 is 0 Å². The third-order valence-corrected chi connectivity index (χ3v) is 9.70. The predicted molar refractivity (Wildman–Crippen MR) is 196 cm³/mol. The molecule has 2 aliphatic heterocycles. The molecule has 254 valence electrons. The van der Waals surface area contributed by atoms with E-state index in [4.69, 9.17) is 5.73 Å². The van der Waals surface area contributed by atoms with E-state index in [9.17, 15) is 9.59 Å². The molecule has 2 aliphatic rings. The number of nitrogens with one attached hydrogen (secondary N) is 1. The zero-order valence-corrected chi connectivity index (χ0v) is 28.1. The number of rotatable bonds is 5. The number of pyridine rings is 1. The fourth-order valence-corrected chi connectivity index (χ4v) is 7.20. The van der Waals surface area contributed by atoms with Crippen LogP contribution < -0.4 is 16.6 Å². The van der Waals surface area contributed by atoms with Gasteiger partial charge in [0, 0.05) is 61.0 Å². The van der Waals surface area contributed by atoms with Crippen LogP contribution in [0.2, 0.25) is 0 Å². The molecular weight excluding hydrogens is 653 g/mol. The van der Waals surface area contributed by atoms with Crippen molar-refractivity contribution in [3.8, 4) is 29.4 Å². The maximum atomic E-state index is 14.6. The van der Waals surface area contributed by atoms with Crippen LogP contribution in [0.3, 0.4) is 0 Å². The van der Waals surface area contributed by atoms with Crippen molar-refractivity contribution < 1.29 is 4.79 Å². The van der Waals surface area contributed by atoms with Crippen LogP contribution in [0.15, 0.2) is 84.2 Å². The van der Waals surface area contributed by atoms with Crippen LogP contribution in [0.1, 0.15) is 62.5 Å². The molecule has 9 rings (SSSR count). The van der Waals surface area contributed by atoms with Gasteiger partial charge in [-0.25, -0.2) is 9.50 Å². The van der Waals surface area contributed by atoms with E-state index in [-0.39, 0.29) is 23.5 Å². The van der Waals surface area contributed by atoms with Crippen molar-refractivity contribution in [2.24, 2.45) is 0 Å². The number of nitrogens with zero attached hydrogens (tertiary/aromatic N) is 8. The molecule has 52 heavy (non-hydrogen) atoms. The minimum absolute atomic E-state index is 0.0921. The van der Waals surface area contributed by atoms with E-state index in [1.807, 2.05) is 64.1 Å². The molecule has 7 heterocycles. The van der Waals surface area contributed by atoms with Crippen molar-refractivity contribution >= 4 is 28.1 Å². The third kappa shape index (κ3) is 5.47. The maximum absolute atomic E-state index is 14.6. The van der Waals surface area contributed by atoms with Crippen LogP contribution in [-0.2, 0) is 32.4 Å². The standard InChI is InChI=1S/C40H32N10O2/c41-37-36(38-42-18-4-22-49(38)46-37)39(51)43-19-17-32-23-28-6-1-5-27(13-14-30-25-45-48-21-3-8-34(30)48)35(28)40(52)50(32)31-15-10-26(11-16-31)9-12-29-24-44-47-20-2-7-33(29)47/h1,4-6,10-11,15-16,18,22-25H,2-3,7-8,17,19-21H2,(H2,41,46)(H,43,51). The van der Waals surface area contributed by atoms with E-state index < -0.39 is 5.91 Å². The Morgan fingerprint density at radius 3 is 2.33 bits per heavy atom. The molecule has 12 heteroatoms. The summed E-state index contributed by atoms with van der Waals surface area (Å²) in [6.07, 6.45) is 11.3. The third-order valence-electron chi connectivity index (χ3n) is 9.70. The van der Waals surface area contributed by atoms with Crippen LogP contribution >= 0.6 is 0 Å². The Labute approximate surface area is 297 Å². The lowest BCUT2D eigenvalue weighted by molar-refractivity contribution is 0.0956. The molecule has 3 N–H and O–H groups in total. The highest BCUT2D eigenvalue weighted by Gasteiger charge is 2.20. The van der Waals surface area contributed by atoms with Crippen molar-refractivity contribution in [2.45, 2.75) is 45.2 Å². The summed E-state index contributed by atoms with van der Waals surface area (Å²) in [5.41, 5.74) is 13.5. The largest absolute Gasteiger partial charge is 0.381 e. The van der Waals surface area contributed by atoms with Gasteiger partial charge < -0.3 is 11.1 Å². The number of carbonyl (C=O) groups is 1. The first-order chi connectivity index (χ1) is 25.5. The molecule has 12 nitrogen and oxygen atoms in total. The fourth-order valence-electron chi connectivity index (χ4n) is 7.20. The van der Waals surface area contributed by atoms with Gasteiger partial charge in [-0.1, -0.05) is 35.8 Å². The highest BCUT2D eigenvalue weighted by atomic mass is 16.1. The molecule has 0 atom stereocenters. The summed E-state index contributed by atoms with van der Waals surface area (Å²) < 4.78 is 7.20. The van der Waals surface area contributed by atoms with E-state index in [0.29, 0.717) is 28.7 Å².